The van der Waals surface area contributed by atoms with Gasteiger partial charge in [0.15, 0.2) is 0 Å². The van der Waals surface area contributed by atoms with Crippen molar-refractivity contribution in [2.45, 2.75) is 12.5 Å². The summed E-state index contributed by atoms with van der Waals surface area (Å²) >= 11 is 0. The molecule has 128 valence electrons. The van der Waals surface area contributed by atoms with Crippen molar-refractivity contribution in [3.63, 3.8) is 0 Å². The smallest absolute Gasteiger partial charge is 0.238 e. The van der Waals surface area contributed by atoms with Crippen LogP contribution < -0.4 is 9.47 Å². The molecule has 0 aromatic carbocycles. The third kappa shape index (κ3) is 4.76. The predicted octanol–water partition coefficient (Wildman–Crippen LogP) is -0.644. The Hall–Kier alpha value is -1.94. The number of rotatable bonds is 6. The molecule has 2 heterocycles. The second-order valence-corrected chi connectivity index (χ2v) is 7.39. The molecule has 9 nitrogen and oxygen atoms in total. The summed E-state index contributed by atoms with van der Waals surface area (Å²) in [6.07, 6.45) is 1.53. The molecule has 1 amide bonds. The number of aromatic nitrogens is 2. The van der Waals surface area contributed by atoms with Crippen molar-refractivity contribution in [2.24, 2.45) is 0 Å². The van der Waals surface area contributed by atoms with Crippen LogP contribution in [0.1, 0.15) is 6.42 Å². The highest BCUT2D eigenvalue weighted by atomic mass is 32.2. The Labute approximate surface area is 135 Å². The molecule has 1 aliphatic heterocycles. The summed E-state index contributed by atoms with van der Waals surface area (Å²) in [7, 11) is -0.494. The summed E-state index contributed by atoms with van der Waals surface area (Å²) in [5, 5.41) is 7.68. The molecule has 10 heteroatoms. The number of nitrogens with zero attached hydrogens (tertiary/aromatic N) is 4. The maximum Gasteiger partial charge on any atom is 0.238 e. The van der Waals surface area contributed by atoms with E-state index in [1.165, 1.54) is 14.2 Å². The standard InChI is InChI=1S/C13H20N4O5S/c1-16(23(3,19)20)9-13(18)17-7-6-10(8-17)22-12-5-4-11(21-2)14-15-12/h4-5,10H,6-9H2,1-3H3/t10-/m0/s1. The minimum atomic E-state index is -3.37. The van der Waals surface area contributed by atoms with Crippen molar-refractivity contribution in [1.29, 1.82) is 0 Å². The topological polar surface area (TPSA) is 102 Å². The average molecular weight is 344 g/mol. The van der Waals surface area contributed by atoms with Crippen LogP contribution in [0.25, 0.3) is 0 Å². The fraction of sp³-hybridized carbons (Fsp3) is 0.615. The zero-order chi connectivity index (χ0) is 17.0. The van der Waals surface area contributed by atoms with Crippen molar-refractivity contribution in [2.75, 3.05) is 40.0 Å². The Balaban J connectivity index is 1.86. The van der Waals surface area contributed by atoms with Gasteiger partial charge in [-0.2, -0.15) is 4.31 Å². The number of amides is 1. The molecule has 1 aliphatic rings. The fourth-order valence-electron chi connectivity index (χ4n) is 2.11. The molecule has 1 atom stereocenters. The highest BCUT2D eigenvalue weighted by molar-refractivity contribution is 7.88. The number of ether oxygens (including phenoxy) is 2. The lowest BCUT2D eigenvalue weighted by molar-refractivity contribution is -0.130. The number of hydrogen-bond acceptors (Lipinski definition) is 7. The van der Waals surface area contributed by atoms with Crippen molar-refractivity contribution in [3.05, 3.63) is 12.1 Å². The van der Waals surface area contributed by atoms with Gasteiger partial charge >= 0.3 is 0 Å². The third-order valence-electron chi connectivity index (χ3n) is 3.53. The minimum Gasteiger partial charge on any atom is -0.480 e. The predicted molar refractivity (Wildman–Crippen MR) is 81.7 cm³/mol. The molecule has 0 bridgehead atoms. The zero-order valence-electron chi connectivity index (χ0n) is 13.3. The van der Waals surface area contributed by atoms with Crippen LogP contribution in [0.5, 0.6) is 11.8 Å². The van der Waals surface area contributed by atoms with E-state index in [9.17, 15) is 13.2 Å². The van der Waals surface area contributed by atoms with Gasteiger partial charge in [-0.15, -0.1) is 10.2 Å². The second kappa shape index (κ2) is 7.09. The SMILES string of the molecule is COc1ccc(O[C@H]2CCN(C(=O)CN(C)S(C)(=O)=O)C2)nn1. The van der Waals surface area contributed by atoms with Gasteiger partial charge in [0, 0.05) is 32.1 Å². The van der Waals surface area contributed by atoms with Crippen LogP contribution in [-0.4, -0.2) is 79.9 Å². The Morgan fingerprint density at radius 3 is 2.61 bits per heavy atom. The Morgan fingerprint density at radius 1 is 1.39 bits per heavy atom. The van der Waals surface area contributed by atoms with Crippen LogP contribution in [0.4, 0.5) is 0 Å². The first-order valence-corrected chi connectivity index (χ1v) is 8.88. The lowest BCUT2D eigenvalue weighted by Crippen LogP contribution is -2.40. The third-order valence-corrected chi connectivity index (χ3v) is 4.80. The molecule has 1 fully saturated rings. The van der Waals surface area contributed by atoms with Gasteiger partial charge in [0.2, 0.25) is 27.7 Å². The van der Waals surface area contributed by atoms with Crippen LogP contribution in [0.2, 0.25) is 0 Å². The van der Waals surface area contributed by atoms with E-state index in [2.05, 4.69) is 10.2 Å². The molecule has 23 heavy (non-hydrogen) atoms. The van der Waals surface area contributed by atoms with Gasteiger partial charge in [0.25, 0.3) is 0 Å². The lowest BCUT2D eigenvalue weighted by atomic mass is 10.3. The molecule has 0 spiro atoms. The van der Waals surface area contributed by atoms with E-state index in [-0.39, 0.29) is 18.6 Å². The largest absolute Gasteiger partial charge is 0.480 e. The van der Waals surface area contributed by atoms with E-state index in [0.717, 1.165) is 10.6 Å². The molecule has 1 saturated heterocycles. The number of likely N-dealkylation sites (tertiary alicyclic amines) is 1. The molecule has 0 radical (unpaired) electrons. The number of methoxy groups -OCH3 is 1. The number of sulfonamides is 1. The molecular weight excluding hydrogens is 324 g/mol. The van der Waals surface area contributed by atoms with E-state index >= 15 is 0 Å². The van der Waals surface area contributed by atoms with Gasteiger partial charge in [-0.1, -0.05) is 0 Å². The summed E-state index contributed by atoms with van der Waals surface area (Å²) in [6.45, 7) is 0.739. The van der Waals surface area contributed by atoms with E-state index in [1.807, 2.05) is 0 Å². The fourth-order valence-corrected chi connectivity index (χ4v) is 2.45. The summed E-state index contributed by atoms with van der Waals surface area (Å²) < 4.78 is 34.3. The normalized spacial score (nSPS) is 18.3. The van der Waals surface area contributed by atoms with Crippen molar-refractivity contribution in [3.8, 4) is 11.8 Å². The van der Waals surface area contributed by atoms with Gasteiger partial charge in [0.05, 0.1) is 26.5 Å². The first kappa shape index (κ1) is 17.4. The van der Waals surface area contributed by atoms with Gasteiger partial charge in [-0.25, -0.2) is 8.42 Å². The van der Waals surface area contributed by atoms with Gasteiger partial charge in [-0.05, 0) is 0 Å². The summed E-state index contributed by atoms with van der Waals surface area (Å²) in [6, 6.07) is 3.29. The molecule has 0 aliphatic carbocycles. The summed E-state index contributed by atoms with van der Waals surface area (Å²) in [4.78, 5) is 13.7. The maximum absolute atomic E-state index is 12.1. The van der Waals surface area contributed by atoms with Gasteiger partial charge in [-0.3, -0.25) is 4.79 Å². The molecule has 0 unspecified atom stereocenters. The number of hydrogen-bond donors (Lipinski definition) is 0. The Kier molecular flexibility index (Phi) is 5.37. The van der Waals surface area contributed by atoms with E-state index in [0.29, 0.717) is 31.3 Å². The van der Waals surface area contributed by atoms with Crippen LogP contribution >= 0.6 is 0 Å². The van der Waals surface area contributed by atoms with Gasteiger partial charge < -0.3 is 14.4 Å². The minimum absolute atomic E-state index is 0.173. The van der Waals surface area contributed by atoms with Crippen LogP contribution in [0.15, 0.2) is 12.1 Å². The van der Waals surface area contributed by atoms with Crippen molar-refractivity contribution in [1.82, 2.24) is 19.4 Å². The van der Waals surface area contributed by atoms with E-state index < -0.39 is 10.0 Å². The number of likely N-dealkylation sites (N-methyl/N-ethyl adjacent to an activating group) is 1. The van der Waals surface area contributed by atoms with Gasteiger partial charge in [0.1, 0.15) is 6.10 Å². The van der Waals surface area contributed by atoms with Crippen LogP contribution in [-0.2, 0) is 14.8 Å². The molecule has 0 N–H and O–H groups in total. The van der Waals surface area contributed by atoms with Crippen molar-refractivity contribution >= 4 is 15.9 Å². The first-order valence-electron chi connectivity index (χ1n) is 7.03. The average Bonchev–Trinajstić information content (AvgIpc) is 2.95. The van der Waals surface area contributed by atoms with Crippen LogP contribution in [0.3, 0.4) is 0 Å². The second-order valence-electron chi connectivity index (χ2n) is 5.30. The lowest BCUT2D eigenvalue weighted by Gasteiger charge is -2.20. The first-order chi connectivity index (χ1) is 10.8. The maximum atomic E-state index is 12.1. The zero-order valence-corrected chi connectivity index (χ0v) is 14.1. The van der Waals surface area contributed by atoms with Crippen LogP contribution in [0, 0.1) is 0 Å². The number of carbonyl (C=O) groups is 1. The quantitative estimate of drug-likeness (QED) is 0.676. The Morgan fingerprint density at radius 2 is 2.04 bits per heavy atom. The summed E-state index contributed by atoms with van der Waals surface area (Å²) in [5.74, 6) is 0.507. The highest BCUT2D eigenvalue weighted by Gasteiger charge is 2.29. The molecule has 1 aromatic rings. The highest BCUT2D eigenvalue weighted by Crippen LogP contribution is 2.17. The van der Waals surface area contributed by atoms with E-state index in [4.69, 9.17) is 9.47 Å². The molecule has 2 rings (SSSR count). The molecular formula is C13H20N4O5S. The monoisotopic (exact) mass is 344 g/mol. The van der Waals surface area contributed by atoms with Crippen molar-refractivity contribution < 1.29 is 22.7 Å². The number of carbonyl (C=O) groups excluding carboxylic acids is 1. The molecule has 1 aromatic heterocycles. The molecule has 0 saturated carbocycles. The summed E-state index contributed by atoms with van der Waals surface area (Å²) in [5.41, 5.74) is 0. The van der Waals surface area contributed by atoms with E-state index in [1.54, 1.807) is 17.0 Å². The Bertz CT molecular complexity index is 649.